The van der Waals surface area contributed by atoms with Gasteiger partial charge in [0.05, 0.1) is 6.61 Å². The van der Waals surface area contributed by atoms with Gasteiger partial charge in [-0.05, 0) is 52.2 Å². The number of carbonyl (C=O) groups is 1. The van der Waals surface area contributed by atoms with E-state index in [2.05, 4.69) is 4.98 Å². The minimum absolute atomic E-state index is 0.0177. The molecule has 2 aromatic rings. The van der Waals surface area contributed by atoms with Gasteiger partial charge in [0.15, 0.2) is 0 Å². The van der Waals surface area contributed by atoms with Crippen LogP contribution in [0.5, 0.6) is 5.75 Å². The lowest BCUT2D eigenvalue weighted by atomic mass is 10.2. The van der Waals surface area contributed by atoms with Gasteiger partial charge >= 0.3 is 5.97 Å². The lowest BCUT2D eigenvalue weighted by molar-refractivity contribution is 0.0520. The molecule has 1 aromatic carbocycles. The van der Waals surface area contributed by atoms with E-state index >= 15 is 0 Å². The van der Waals surface area contributed by atoms with E-state index in [4.69, 9.17) is 9.47 Å². The summed E-state index contributed by atoms with van der Waals surface area (Å²) in [7, 11) is 3.91. The third kappa shape index (κ3) is 3.11. The predicted octanol–water partition coefficient (Wildman–Crippen LogP) is 2.63. The molecule has 1 atom stereocenters. The fraction of sp³-hybridized carbons (Fsp3) is 0.400. The molecule has 0 fully saturated rings. The van der Waals surface area contributed by atoms with Crippen LogP contribution in [0.1, 0.15) is 24.3 Å². The van der Waals surface area contributed by atoms with Gasteiger partial charge in [-0.3, -0.25) is 4.90 Å². The Bertz CT molecular complexity index is 604. The van der Waals surface area contributed by atoms with Gasteiger partial charge < -0.3 is 14.5 Å². The summed E-state index contributed by atoms with van der Waals surface area (Å²) < 4.78 is 10.8. The highest BCUT2D eigenvalue weighted by molar-refractivity contribution is 5.95. The summed E-state index contributed by atoms with van der Waals surface area (Å²) in [4.78, 5) is 16.7. The number of fused-ring (bicyclic) bond motifs is 1. The second-order valence-electron chi connectivity index (χ2n) is 4.83. The zero-order valence-corrected chi connectivity index (χ0v) is 12.3. The van der Waals surface area contributed by atoms with Crippen molar-refractivity contribution in [3.8, 4) is 5.75 Å². The molecule has 1 aromatic heterocycles. The van der Waals surface area contributed by atoms with Crippen molar-refractivity contribution in [2.75, 3.05) is 20.7 Å². The molecule has 5 heteroatoms. The Morgan fingerprint density at radius 1 is 1.35 bits per heavy atom. The highest BCUT2D eigenvalue weighted by atomic mass is 16.5. The summed E-state index contributed by atoms with van der Waals surface area (Å²) in [5, 5.41) is 0.927. The van der Waals surface area contributed by atoms with Gasteiger partial charge in [0.25, 0.3) is 0 Å². The van der Waals surface area contributed by atoms with E-state index in [1.54, 1.807) is 13.0 Å². The normalized spacial score (nSPS) is 12.7. The molecule has 0 bridgehead atoms. The average molecular weight is 276 g/mol. The first-order valence-corrected chi connectivity index (χ1v) is 6.64. The van der Waals surface area contributed by atoms with Crippen LogP contribution in [0.25, 0.3) is 10.9 Å². The van der Waals surface area contributed by atoms with E-state index in [1.807, 2.05) is 44.1 Å². The van der Waals surface area contributed by atoms with E-state index in [9.17, 15) is 4.79 Å². The van der Waals surface area contributed by atoms with Crippen molar-refractivity contribution in [3.63, 3.8) is 0 Å². The molecule has 2 rings (SSSR count). The number of nitrogens with zero attached hydrogens (tertiary/aromatic N) is 1. The fourth-order valence-electron chi connectivity index (χ4n) is 1.81. The van der Waals surface area contributed by atoms with E-state index < -0.39 is 0 Å². The summed E-state index contributed by atoms with van der Waals surface area (Å²) >= 11 is 0. The standard InChI is InChI=1S/C15H20N2O3/c1-5-19-15(18)14-9-11-8-12(6-7-13(11)16-14)20-10(2)17(3)4/h6-10,16H,5H2,1-4H3. The van der Waals surface area contributed by atoms with Gasteiger partial charge in [-0.1, -0.05) is 0 Å². The lowest BCUT2D eigenvalue weighted by Crippen LogP contribution is -2.30. The van der Waals surface area contributed by atoms with E-state index in [0.717, 1.165) is 16.7 Å². The highest BCUT2D eigenvalue weighted by Gasteiger charge is 2.12. The van der Waals surface area contributed by atoms with Crippen molar-refractivity contribution in [1.29, 1.82) is 0 Å². The summed E-state index contributed by atoms with van der Waals surface area (Å²) in [6, 6.07) is 7.47. The molecule has 0 radical (unpaired) electrons. The Labute approximate surface area is 118 Å². The van der Waals surface area contributed by atoms with Gasteiger partial charge in [0.1, 0.15) is 17.7 Å². The van der Waals surface area contributed by atoms with Gasteiger partial charge in [0.2, 0.25) is 0 Å². The van der Waals surface area contributed by atoms with Crippen molar-refractivity contribution in [2.24, 2.45) is 0 Å². The molecule has 108 valence electrons. The first-order valence-electron chi connectivity index (χ1n) is 6.64. The molecule has 20 heavy (non-hydrogen) atoms. The minimum Gasteiger partial charge on any atom is -0.475 e. The van der Waals surface area contributed by atoms with Gasteiger partial charge in [-0.15, -0.1) is 0 Å². The quantitative estimate of drug-likeness (QED) is 0.674. The first-order chi connectivity index (χ1) is 9.51. The van der Waals surface area contributed by atoms with Crippen LogP contribution in [0.3, 0.4) is 0 Å². The second kappa shape index (κ2) is 5.96. The fourth-order valence-corrected chi connectivity index (χ4v) is 1.81. The van der Waals surface area contributed by atoms with Gasteiger partial charge in [-0.25, -0.2) is 4.79 Å². The summed E-state index contributed by atoms with van der Waals surface area (Å²) in [5.41, 5.74) is 1.34. The van der Waals surface area contributed by atoms with E-state index in [-0.39, 0.29) is 12.2 Å². The molecule has 0 saturated carbocycles. The number of esters is 1. The number of nitrogens with one attached hydrogen (secondary N) is 1. The maximum atomic E-state index is 11.7. The molecule has 1 unspecified atom stereocenters. The molecule has 0 aliphatic carbocycles. The largest absolute Gasteiger partial charge is 0.475 e. The molecule has 0 spiro atoms. The van der Waals surface area contributed by atoms with Gasteiger partial charge in [0, 0.05) is 10.9 Å². The smallest absolute Gasteiger partial charge is 0.354 e. The molecule has 0 aliphatic rings. The van der Waals surface area contributed by atoms with E-state index in [0.29, 0.717) is 12.3 Å². The third-order valence-corrected chi connectivity index (χ3v) is 3.12. The number of H-pyrrole nitrogens is 1. The predicted molar refractivity (Wildman–Crippen MR) is 78.0 cm³/mol. The summed E-state index contributed by atoms with van der Waals surface area (Å²) in [6.07, 6.45) is -0.0177. The van der Waals surface area contributed by atoms with Crippen LogP contribution in [0.15, 0.2) is 24.3 Å². The lowest BCUT2D eigenvalue weighted by Gasteiger charge is -2.21. The van der Waals surface area contributed by atoms with Crippen LogP contribution >= 0.6 is 0 Å². The number of hydrogen-bond acceptors (Lipinski definition) is 4. The SMILES string of the molecule is CCOC(=O)c1cc2cc(OC(C)N(C)C)ccc2[nH]1. The molecular formula is C15H20N2O3. The number of rotatable bonds is 5. The molecule has 5 nitrogen and oxygen atoms in total. The number of hydrogen-bond donors (Lipinski definition) is 1. The van der Waals surface area contributed by atoms with Crippen LogP contribution in [-0.4, -0.2) is 42.8 Å². The maximum absolute atomic E-state index is 11.7. The Kier molecular flexibility index (Phi) is 4.29. The number of benzene rings is 1. The third-order valence-electron chi connectivity index (χ3n) is 3.12. The van der Waals surface area contributed by atoms with Crippen molar-refractivity contribution >= 4 is 16.9 Å². The maximum Gasteiger partial charge on any atom is 0.354 e. The zero-order chi connectivity index (χ0) is 14.7. The average Bonchev–Trinajstić information content (AvgIpc) is 2.82. The molecule has 0 aliphatic heterocycles. The molecule has 0 amide bonds. The minimum atomic E-state index is -0.340. The topological polar surface area (TPSA) is 54.6 Å². The van der Waals surface area contributed by atoms with Crippen molar-refractivity contribution in [2.45, 2.75) is 20.1 Å². The molecule has 1 heterocycles. The Hall–Kier alpha value is -2.01. The van der Waals surface area contributed by atoms with Crippen molar-refractivity contribution in [1.82, 2.24) is 9.88 Å². The first kappa shape index (κ1) is 14.4. The van der Waals surface area contributed by atoms with Crippen molar-refractivity contribution < 1.29 is 14.3 Å². The number of carbonyl (C=O) groups excluding carboxylic acids is 1. The van der Waals surface area contributed by atoms with Crippen LogP contribution in [-0.2, 0) is 4.74 Å². The van der Waals surface area contributed by atoms with Crippen LogP contribution < -0.4 is 4.74 Å². The van der Waals surface area contributed by atoms with Crippen LogP contribution in [0.2, 0.25) is 0 Å². The highest BCUT2D eigenvalue weighted by Crippen LogP contribution is 2.23. The Morgan fingerprint density at radius 3 is 2.75 bits per heavy atom. The van der Waals surface area contributed by atoms with Gasteiger partial charge in [-0.2, -0.15) is 0 Å². The number of aromatic nitrogens is 1. The Morgan fingerprint density at radius 2 is 2.10 bits per heavy atom. The second-order valence-corrected chi connectivity index (χ2v) is 4.83. The summed E-state index contributed by atoms with van der Waals surface area (Å²) in [6.45, 7) is 4.13. The summed E-state index contributed by atoms with van der Waals surface area (Å²) in [5.74, 6) is 0.431. The number of ether oxygens (including phenoxy) is 2. The molecule has 1 N–H and O–H groups in total. The van der Waals surface area contributed by atoms with Crippen LogP contribution in [0, 0.1) is 0 Å². The zero-order valence-electron chi connectivity index (χ0n) is 12.3. The van der Waals surface area contributed by atoms with Crippen molar-refractivity contribution in [3.05, 3.63) is 30.0 Å². The number of aromatic amines is 1. The van der Waals surface area contributed by atoms with E-state index in [1.165, 1.54) is 0 Å². The van der Waals surface area contributed by atoms with Crippen LogP contribution in [0.4, 0.5) is 0 Å². The Balaban J connectivity index is 2.23. The monoisotopic (exact) mass is 276 g/mol. The molecule has 0 saturated heterocycles. The molecular weight excluding hydrogens is 256 g/mol.